The van der Waals surface area contributed by atoms with Crippen LogP contribution in [0.15, 0.2) is 24.3 Å². The lowest BCUT2D eigenvalue weighted by Crippen LogP contribution is -2.18. The lowest BCUT2D eigenvalue weighted by molar-refractivity contribution is -0.119. The molecule has 0 heterocycles. The smallest absolute Gasteiger partial charge is 0.137 e. The zero-order valence-electron chi connectivity index (χ0n) is 8.71. The van der Waals surface area contributed by atoms with Crippen LogP contribution in [-0.4, -0.2) is 11.1 Å². The number of fused-ring (bicyclic) bond motifs is 1. The molecule has 1 unspecified atom stereocenters. The van der Waals surface area contributed by atoms with E-state index >= 15 is 0 Å². The highest BCUT2D eigenvalue weighted by Crippen LogP contribution is 2.33. The van der Waals surface area contributed by atoms with Gasteiger partial charge in [0.05, 0.1) is 0 Å². The monoisotopic (exact) mass is 266 g/mol. The molecule has 0 aliphatic heterocycles. The number of hydrogen-bond donors (Lipinski definition) is 0. The number of hydrogen-bond acceptors (Lipinski definition) is 1. The predicted molar refractivity (Wildman–Crippen MR) is 65.5 cm³/mol. The minimum atomic E-state index is 0.397. The normalized spacial score (nSPS) is 20.1. The van der Waals surface area contributed by atoms with Crippen molar-refractivity contribution in [2.24, 2.45) is 0 Å². The number of carbonyl (C=O) groups excluding carboxylic acids is 1. The Bertz CT molecular complexity index is 359. The SMILES string of the molecule is O=C1Cc2ccccc2C(CCCBr)C1. The van der Waals surface area contributed by atoms with Crippen LogP contribution in [0.4, 0.5) is 0 Å². The summed E-state index contributed by atoms with van der Waals surface area (Å²) in [5.41, 5.74) is 2.64. The molecule has 80 valence electrons. The van der Waals surface area contributed by atoms with Crippen LogP contribution in [0.2, 0.25) is 0 Å². The Morgan fingerprint density at radius 1 is 1.33 bits per heavy atom. The fourth-order valence-electron chi connectivity index (χ4n) is 2.34. The molecule has 0 saturated carbocycles. The zero-order valence-corrected chi connectivity index (χ0v) is 10.3. The van der Waals surface area contributed by atoms with Crippen LogP contribution >= 0.6 is 15.9 Å². The van der Waals surface area contributed by atoms with E-state index in [9.17, 15) is 4.79 Å². The van der Waals surface area contributed by atoms with Gasteiger partial charge in [-0.05, 0) is 29.9 Å². The van der Waals surface area contributed by atoms with E-state index in [1.54, 1.807) is 0 Å². The highest BCUT2D eigenvalue weighted by atomic mass is 79.9. The average Bonchev–Trinajstić information content (AvgIpc) is 2.25. The van der Waals surface area contributed by atoms with Crippen molar-refractivity contribution < 1.29 is 4.79 Å². The molecule has 1 aliphatic rings. The molecular formula is C13H15BrO. The highest BCUT2D eigenvalue weighted by Gasteiger charge is 2.23. The summed E-state index contributed by atoms with van der Waals surface area (Å²) in [5.74, 6) is 0.855. The Morgan fingerprint density at radius 3 is 2.93 bits per heavy atom. The number of benzene rings is 1. The first kappa shape index (κ1) is 10.9. The van der Waals surface area contributed by atoms with Crippen molar-refractivity contribution in [3.05, 3.63) is 35.4 Å². The maximum Gasteiger partial charge on any atom is 0.137 e. The van der Waals surface area contributed by atoms with Gasteiger partial charge in [-0.15, -0.1) is 0 Å². The number of rotatable bonds is 3. The maximum atomic E-state index is 11.6. The first-order valence-electron chi connectivity index (χ1n) is 5.46. The van der Waals surface area contributed by atoms with E-state index in [2.05, 4.69) is 34.1 Å². The van der Waals surface area contributed by atoms with Gasteiger partial charge in [-0.25, -0.2) is 0 Å². The van der Waals surface area contributed by atoms with Crippen molar-refractivity contribution in [3.8, 4) is 0 Å². The quantitative estimate of drug-likeness (QED) is 0.766. The van der Waals surface area contributed by atoms with Gasteiger partial charge >= 0.3 is 0 Å². The molecule has 0 spiro atoms. The summed E-state index contributed by atoms with van der Waals surface area (Å²) >= 11 is 3.45. The summed E-state index contributed by atoms with van der Waals surface area (Å²) in [6, 6.07) is 8.38. The second-order valence-corrected chi connectivity index (χ2v) is 4.94. The van der Waals surface area contributed by atoms with Crippen LogP contribution in [-0.2, 0) is 11.2 Å². The molecule has 2 heteroatoms. The summed E-state index contributed by atoms with van der Waals surface area (Å²) in [7, 11) is 0. The Morgan fingerprint density at radius 2 is 2.13 bits per heavy atom. The van der Waals surface area contributed by atoms with Crippen molar-refractivity contribution >= 4 is 21.7 Å². The van der Waals surface area contributed by atoms with E-state index in [0.29, 0.717) is 18.1 Å². The second kappa shape index (κ2) is 4.93. The van der Waals surface area contributed by atoms with E-state index in [4.69, 9.17) is 0 Å². The third-order valence-electron chi connectivity index (χ3n) is 3.04. The molecule has 2 rings (SSSR count). The molecule has 1 aromatic carbocycles. The molecule has 1 nitrogen and oxygen atoms in total. The third kappa shape index (κ3) is 2.49. The second-order valence-electron chi connectivity index (χ2n) is 4.15. The van der Waals surface area contributed by atoms with Gasteiger partial charge in [-0.3, -0.25) is 4.79 Å². The largest absolute Gasteiger partial charge is 0.299 e. The molecule has 0 N–H and O–H groups in total. The Labute approximate surface area is 99.0 Å². The standard InChI is InChI=1S/C13H15BrO/c14-7-3-5-11-9-12(15)8-10-4-1-2-6-13(10)11/h1-2,4,6,11H,3,5,7-9H2. The van der Waals surface area contributed by atoms with Crippen molar-refractivity contribution in [1.29, 1.82) is 0 Å². The van der Waals surface area contributed by atoms with Gasteiger partial charge in [0.15, 0.2) is 0 Å². The van der Waals surface area contributed by atoms with E-state index in [0.717, 1.165) is 24.6 Å². The lowest BCUT2D eigenvalue weighted by atomic mass is 9.80. The van der Waals surface area contributed by atoms with E-state index in [-0.39, 0.29) is 0 Å². The van der Waals surface area contributed by atoms with Crippen molar-refractivity contribution in [3.63, 3.8) is 0 Å². The van der Waals surface area contributed by atoms with Crippen molar-refractivity contribution in [2.45, 2.75) is 31.6 Å². The van der Waals surface area contributed by atoms with Crippen molar-refractivity contribution in [2.75, 3.05) is 5.33 Å². The van der Waals surface area contributed by atoms with Gasteiger partial charge in [0.2, 0.25) is 0 Å². The minimum Gasteiger partial charge on any atom is -0.299 e. The molecule has 1 aliphatic carbocycles. The number of Topliss-reactive ketones (excluding diaryl/α,β-unsaturated/α-hetero) is 1. The molecule has 1 aromatic rings. The van der Waals surface area contributed by atoms with Gasteiger partial charge in [-0.2, -0.15) is 0 Å². The van der Waals surface area contributed by atoms with Gasteiger partial charge < -0.3 is 0 Å². The van der Waals surface area contributed by atoms with Gasteiger partial charge in [-0.1, -0.05) is 40.2 Å². The molecule has 0 radical (unpaired) electrons. The highest BCUT2D eigenvalue weighted by molar-refractivity contribution is 9.09. The number of carbonyl (C=O) groups is 1. The van der Waals surface area contributed by atoms with Gasteiger partial charge in [0, 0.05) is 18.2 Å². The topological polar surface area (TPSA) is 17.1 Å². The van der Waals surface area contributed by atoms with E-state index < -0.39 is 0 Å². The van der Waals surface area contributed by atoms with Crippen LogP contribution in [0.1, 0.15) is 36.3 Å². The molecule has 0 fully saturated rings. The first-order valence-corrected chi connectivity index (χ1v) is 6.59. The number of ketones is 1. The van der Waals surface area contributed by atoms with Crippen LogP contribution in [0.25, 0.3) is 0 Å². The van der Waals surface area contributed by atoms with E-state index in [1.807, 2.05) is 6.07 Å². The number of alkyl halides is 1. The summed E-state index contributed by atoms with van der Waals surface area (Å²) in [6.45, 7) is 0. The molecule has 0 saturated heterocycles. The molecule has 15 heavy (non-hydrogen) atoms. The zero-order chi connectivity index (χ0) is 10.7. The Kier molecular flexibility index (Phi) is 3.57. The first-order chi connectivity index (χ1) is 7.31. The minimum absolute atomic E-state index is 0.397. The summed E-state index contributed by atoms with van der Waals surface area (Å²) in [4.78, 5) is 11.6. The fourth-order valence-corrected chi connectivity index (χ4v) is 2.67. The molecular weight excluding hydrogens is 252 g/mol. The van der Waals surface area contributed by atoms with E-state index in [1.165, 1.54) is 11.1 Å². The molecule has 1 atom stereocenters. The maximum absolute atomic E-state index is 11.6. The summed E-state index contributed by atoms with van der Waals surface area (Å²) in [5, 5.41) is 1.03. The van der Waals surface area contributed by atoms with Crippen LogP contribution in [0.5, 0.6) is 0 Å². The fraction of sp³-hybridized carbons (Fsp3) is 0.462. The summed E-state index contributed by atoms with van der Waals surface area (Å²) in [6.07, 6.45) is 3.64. The average molecular weight is 267 g/mol. The Balaban J connectivity index is 2.22. The molecule has 0 bridgehead atoms. The van der Waals surface area contributed by atoms with Crippen molar-refractivity contribution in [1.82, 2.24) is 0 Å². The lowest BCUT2D eigenvalue weighted by Gasteiger charge is -2.24. The third-order valence-corrected chi connectivity index (χ3v) is 3.60. The van der Waals surface area contributed by atoms with Gasteiger partial charge in [0.25, 0.3) is 0 Å². The van der Waals surface area contributed by atoms with Crippen LogP contribution < -0.4 is 0 Å². The predicted octanol–water partition coefficient (Wildman–Crippen LogP) is 3.46. The number of halogens is 1. The summed E-state index contributed by atoms with van der Waals surface area (Å²) < 4.78 is 0. The molecule has 0 amide bonds. The van der Waals surface area contributed by atoms with Gasteiger partial charge in [0.1, 0.15) is 5.78 Å². The van der Waals surface area contributed by atoms with Crippen LogP contribution in [0, 0.1) is 0 Å². The Hall–Kier alpha value is -0.630. The molecule has 0 aromatic heterocycles. The van der Waals surface area contributed by atoms with Crippen LogP contribution in [0.3, 0.4) is 0 Å².